The summed E-state index contributed by atoms with van der Waals surface area (Å²) in [5.41, 5.74) is 0. The Bertz CT molecular complexity index is 111. The third kappa shape index (κ3) is 1.12. The second kappa shape index (κ2) is 2.03. The van der Waals surface area contributed by atoms with Gasteiger partial charge < -0.3 is 9.47 Å². The highest BCUT2D eigenvalue weighted by molar-refractivity contribution is 4.78. The average molecular weight is 118 g/mol. The van der Waals surface area contributed by atoms with Crippen molar-refractivity contribution in [3.05, 3.63) is 12.3 Å². The summed E-state index contributed by atoms with van der Waals surface area (Å²) in [6, 6.07) is -0.635. The zero-order valence-electron chi connectivity index (χ0n) is 4.56. The van der Waals surface area contributed by atoms with Gasteiger partial charge in [0.05, 0.1) is 0 Å². The van der Waals surface area contributed by atoms with Crippen LogP contribution < -0.4 is 0 Å². The Balaban J connectivity index is 2.45. The summed E-state index contributed by atoms with van der Waals surface area (Å²) in [4.78, 5) is 0. The summed E-state index contributed by atoms with van der Waals surface area (Å²) >= 11 is 0. The highest BCUT2D eigenvalue weighted by Gasteiger charge is 2.10. The minimum absolute atomic E-state index is 0.153. The molecule has 1 rings (SSSR count). The van der Waals surface area contributed by atoms with E-state index in [1.807, 2.05) is 0 Å². The van der Waals surface area contributed by atoms with Crippen molar-refractivity contribution in [2.45, 2.75) is 13.0 Å². The van der Waals surface area contributed by atoms with Crippen LogP contribution in [0.1, 0.15) is 6.92 Å². The molecule has 0 amide bonds. The van der Waals surface area contributed by atoms with Crippen molar-refractivity contribution in [2.24, 2.45) is 0 Å². The lowest BCUT2D eigenvalue weighted by molar-refractivity contribution is -0.00940. The highest BCUT2D eigenvalue weighted by Crippen LogP contribution is 2.09. The number of halogens is 1. The molecule has 0 aromatic carbocycles. The number of rotatable bonds is 0. The minimum Gasteiger partial charge on any atom is -0.491 e. The lowest BCUT2D eigenvalue weighted by atomic mass is 10.4. The van der Waals surface area contributed by atoms with E-state index in [2.05, 4.69) is 9.47 Å². The maximum Gasteiger partial charge on any atom is 0.308 e. The van der Waals surface area contributed by atoms with Crippen molar-refractivity contribution in [3.63, 3.8) is 0 Å². The topological polar surface area (TPSA) is 18.5 Å². The van der Waals surface area contributed by atoms with Gasteiger partial charge in [0.2, 0.25) is 0 Å². The maximum absolute atomic E-state index is 11.9. The molecule has 0 fully saturated rings. The molecular formula is C5H7FO2. The van der Waals surface area contributed by atoms with E-state index in [1.54, 1.807) is 6.92 Å². The van der Waals surface area contributed by atoms with Crippen LogP contribution in [-0.4, -0.2) is 12.7 Å². The monoisotopic (exact) mass is 118 g/mol. The van der Waals surface area contributed by atoms with Gasteiger partial charge in [-0.05, 0) is 6.92 Å². The van der Waals surface area contributed by atoms with Gasteiger partial charge in [0, 0.05) is 0 Å². The number of ether oxygens (including phenoxy) is 2. The quantitative estimate of drug-likeness (QED) is 0.475. The van der Waals surface area contributed by atoms with Gasteiger partial charge in [0.15, 0.2) is 6.26 Å². The van der Waals surface area contributed by atoms with Gasteiger partial charge in [-0.1, -0.05) is 0 Å². The van der Waals surface area contributed by atoms with Crippen molar-refractivity contribution in [1.82, 2.24) is 0 Å². The standard InChI is InChI=1S/C5H7FO2/c1-4-2-7-3-5(6)8-4/h3-4H,2H2,1H3. The predicted octanol–water partition coefficient (Wildman–Crippen LogP) is 1.19. The van der Waals surface area contributed by atoms with E-state index < -0.39 is 6.01 Å². The van der Waals surface area contributed by atoms with Gasteiger partial charge in [-0.3, -0.25) is 0 Å². The van der Waals surface area contributed by atoms with Gasteiger partial charge in [-0.2, -0.15) is 4.39 Å². The van der Waals surface area contributed by atoms with Gasteiger partial charge >= 0.3 is 6.01 Å². The summed E-state index contributed by atoms with van der Waals surface area (Å²) in [6.45, 7) is 2.18. The van der Waals surface area contributed by atoms with Crippen LogP contribution in [0, 0.1) is 0 Å². The van der Waals surface area contributed by atoms with Crippen LogP contribution in [0.25, 0.3) is 0 Å². The van der Waals surface area contributed by atoms with Gasteiger partial charge in [-0.15, -0.1) is 0 Å². The molecule has 1 aliphatic heterocycles. The normalized spacial score (nSPS) is 27.8. The summed E-state index contributed by atoms with van der Waals surface area (Å²) < 4.78 is 21.1. The predicted molar refractivity (Wildman–Crippen MR) is 25.7 cm³/mol. The number of hydrogen-bond donors (Lipinski definition) is 0. The van der Waals surface area contributed by atoms with E-state index in [0.29, 0.717) is 6.61 Å². The lowest BCUT2D eigenvalue weighted by Crippen LogP contribution is -2.17. The molecule has 0 saturated heterocycles. The van der Waals surface area contributed by atoms with Crippen LogP contribution >= 0.6 is 0 Å². The molecule has 8 heavy (non-hydrogen) atoms. The second-order valence-corrected chi connectivity index (χ2v) is 1.68. The average Bonchev–Trinajstić information content (AvgIpc) is 1.64. The summed E-state index contributed by atoms with van der Waals surface area (Å²) in [5, 5.41) is 0. The van der Waals surface area contributed by atoms with E-state index in [-0.39, 0.29) is 6.10 Å². The Morgan fingerprint density at radius 1 is 1.88 bits per heavy atom. The molecule has 0 aliphatic carbocycles. The van der Waals surface area contributed by atoms with Gasteiger partial charge in [-0.25, -0.2) is 0 Å². The molecule has 0 radical (unpaired) electrons. The van der Waals surface area contributed by atoms with Crippen LogP contribution in [0.15, 0.2) is 12.3 Å². The Morgan fingerprint density at radius 2 is 2.62 bits per heavy atom. The highest BCUT2D eigenvalue weighted by atomic mass is 19.1. The van der Waals surface area contributed by atoms with Crippen molar-refractivity contribution < 1.29 is 13.9 Å². The summed E-state index contributed by atoms with van der Waals surface area (Å²) in [6.07, 6.45) is 0.819. The van der Waals surface area contributed by atoms with E-state index in [0.717, 1.165) is 6.26 Å². The third-order valence-corrected chi connectivity index (χ3v) is 0.821. The van der Waals surface area contributed by atoms with Crippen molar-refractivity contribution in [1.29, 1.82) is 0 Å². The Kier molecular flexibility index (Phi) is 1.37. The van der Waals surface area contributed by atoms with Crippen molar-refractivity contribution in [3.8, 4) is 0 Å². The molecule has 0 N–H and O–H groups in total. The van der Waals surface area contributed by atoms with E-state index in [9.17, 15) is 4.39 Å². The molecule has 1 atom stereocenters. The molecule has 0 bridgehead atoms. The Labute approximate surface area is 46.9 Å². The summed E-state index contributed by atoms with van der Waals surface area (Å²) in [5.74, 6) is 0. The molecule has 1 aliphatic rings. The zero-order valence-corrected chi connectivity index (χ0v) is 4.56. The van der Waals surface area contributed by atoms with Crippen LogP contribution in [0.3, 0.4) is 0 Å². The smallest absolute Gasteiger partial charge is 0.308 e. The molecule has 1 unspecified atom stereocenters. The van der Waals surface area contributed by atoms with Crippen molar-refractivity contribution >= 4 is 0 Å². The third-order valence-electron chi connectivity index (χ3n) is 0.821. The summed E-state index contributed by atoms with van der Waals surface area (Å²) in [7, 11) is 0. The first-order valence-corrected chi connectivity index (χ1v) is 2.43. The Morgan fingerprint density at radius 3 is 3.00 bits per heavy atom. The molecule has 1 heterocycles. The fourth-order valence-corrected chi connectivity index (χ4v) is 0.503. The molecule has 0 aromatic heterocycles. The fraction of sp³-hybridized carbons (Fsp3) is 0.600. The van der Waals surface area contributed by atoms with E-state index >= 15 is 0 Å². The second-order valence-electron chi connectivity index (χ2n) is 1.68. The first-order valence-electron chi connectivity index (χ1n) is 2.43. The molecule has 3 heteroatoms. The van der Waals surface area contributed by atoms with Crippen LogP contribution in [0.4, 0.5) is 4.39 Å². The SMILES string of the molecule is CC1COC=C(F)O1. The van der Waals surface area contributed by atoms with E-state index in [4.69, 9.17) is 0 Å². The van der Waals surface area contributed by atoms with E-state index in [1.165, 1.54) is 0 Å². The largest absolute Gasteiger partial charge is 0.491 e. The van der Waals surface area contributed by atoms with Gasteiger partial charge in [0.25, 0.3) is 0 Å². The van der Waals surface area contributed by atoms with Crippen LogP contribution in [-0.2, 0) is 9.47 Å². The first kappa shape index (κ1) is 5.41. The maximum atomic E-state index is 11.9. The van der Waals surface area contributed by atoms with Crippen LogP contribution in [0.2, 0.25) is 0 Å². The fourth-order valence-electron chi connectivity index (χ4n) is 0.503. The number of hydrogen-bond acceptors (Lipinski definition) is 2. The minimum atomic E-state index is -0.635. The lowest BCUT2D eigenvalue weighted by Gasteiger charge is -2.16. The van der Waals surface area contributed by atoms with Gasteiger partial charge in [0.1, 0.15) is 12.7 Å². The molecule has 46 valence electrons. The molecule has 0 saturated carbocycles. The molecular weight excluding hydrogens is 111 g/mol. The van der Waals surface area contributed by atoms with Crippen molar-refractivity contribution in [2.75, 3.05) is 6.61 Å². The molecule has 2 nitrogen and oxygen atoms in total. The van der Waals surface area contributed by atoms with Crippen LogP contribution in [0.5, 0.6) is 0 Å². The first-order chi connectivity index (χ1) is 3.79. The zero-order chi connectivity index (χ0) is 5.98. The molecule has 0 aromatic rings. The molecule has 0 spiro atoms. The Hall–Kier alpha value is -0.730.